The zero-order chi connectivity index (χ0) is 18.8. The van der Waals surface area contributed by atoms with Gasteiger partial charge < -0.3 is 0 Å². The molecule has 0 aromatic heterocycles. The van der Waals surface area contributed by atoms with Crippen molar-refractivity contribution >= 4 is 16.6 Å². The van der Waals surface area contributed by atoms with E-state index in [1.54, 1.807) is 0 Å². The van der Waals surface area contributed by atoms with Crippen molar-refractivity contribution in [2.24, 2.45) is 0 Å². The topological polar surface area (TPSA) is 9.72 Å². The largest absolute Gasteiger partial charge is 0.300 e. The summed E-state index contributed by atoms with van der Waals surface area (Å²) in [4.78, 5) is 0. The lowest BCUT2D eigenvalue weighted by Gasteiger charge is -2.53. The SMILES string of the molecule is C=C[Si](C)(C)CCC[Si](N(CC)CC)(N(CC)CC)N(CC)CC. The van der Waals surface area contributed by atoms with E-state index < -0.39 is 16.6 Å². The average molecular weight is 372 g/mol. The highest BCUT2D eigenvalue weighted by Gasteiger charge is 2.47. The molecule has 0 unspecified atom stereocenters. The Balaban J connectivity index is 5.74. The first-order valence-electron chi connectivity index (χ1n) is 10.2. The first kappa shape index (κ1) is 24.1. The molecule has 5 heteroatoms. The molecule has 24 heavy (non-hydrogen) atoms. The molecule has 0 aliphatic heterocycles. The molecule has 0 radical (unpaired) electrons. The van der Waals surface area contributed by atoms with Gasteiger partial charge in [-0.2, -0.15) is 0 Å². The molecule has 0 atom stereocenters. The molecule has 0 aliphatic rings. The van der Waals surface area contributed by atoms with E-state index in [-0.39, 0.29) is 0 Å². The van der Waals surface area contributed by atoms with E-state index in [4.69, 9.17) is 0 Å². The molecule has 0 amide bonds. The maximum absolute atomic E-state index is 4.09. The molecule has 0 aromatic carbocycles. The summed E-state index contributed by atoms with van der Waals surface area (Å²) in [5, 5.41) is 0. The van der Waals surface area contributed by atoms with Gasteiger partial charge in [0, 0.05) is 0 Å². The third-order valence-corrected chi connectivity index (χ3v) is 14.4. The molecule has 0 saturated carbocycles. The minimum atomic E-state index is -1.81. The maximum Gasteiger partial charge on any atom is 0.289 e. The number of hydrogen-bond acceptors (Lipinski definition) is 3. The van der Waals surface area contributed by atoms with Gasteiger partial charge in [0.25, 0.3) is 8.56 Å². The van der Waals surface area contributed by atoms with E-state index in [1.807, 2.05) is 0 Å². The summed E-state index contributed by atoms with van der Waals surface area (Å²) in [5.41, 5.74) is 2.27. The predicted octanol–water partition coefficient (Wildman–Crippen LogP) is 4.77. The van der Waals surface area contributed by atoms with Crippen molar-refractivity contribution in [3.63, 3.8) is 0 Å². The molecule has 3 nitrogen and oxygen atoms in total. The van der Waals surface area contributed by atoms with Crippen molar-refractivity contribution in [3.8, 4) is 0 Å². The van der Waals surface area contributed by atoms with Crippen molar-refractivity contribution in [2.45, 2.75) is 73.1 Å². The Labute approximate surface area is 155 Å². The van der Waals surface area contributed by atoms with Crippen molar-refractivity contribution < 1.29 is 0 Å². The molecular formula is C19H45N3Si2. The van der Waals surface area contributed by atoms with E-state index in [9.17, 15) is 0 Å². The second-order valence-electron chi connectivity index (χ2n) is 7.34. The van der Waals surface area contributed by atoms with E-state index in [2.05, 4.69) is 80.6 Å². The molecule has 0 rings (SSSR count). The van der Waals surface area contributed by atoms with Crippen LogP contribution in [0, 0.1) is 0 Å². The Morgan fingerprint density at radius 3 is 1.25 bits per heavy atom. The highest BCUT2D eigenvalue weighted by Crippen LogP contribution is 2.29. The van der Waals surface area contributed by atoms with Gasteiger partial charge in [0.1, 0.15) is 0 Å². The summed E-state index contributed by atoms with van der Waals surface area (Å²) in [5.74, 6) is 0. The fourth-order valence-electron chi connectivity index (χ4n) is 4.15. The number of hydrogen-bond donors (Lipinski definition) is 0. The van der Waals surface area contributed by atoms with Crippen molar-refractivity contribution in [1.29, 1.82) is 0 Å². The standard InChI is InChI=1S/C19H45N3Si2/c1-10-20(11-2)24(21(12-3)13-4,22(14-5)15-6)19-17-18-23(8,9)16-7/h16H,7,10-15,17-19H2,1-6,8-9H3. The third-order valence-electron chi connectivity index (χ3n) is 5.70. The van der Waals surface area contributed by atoms with Gasteiger partial charge in [0.05, 0.1) is 8.07 Å². The quantitative estimate of drug-likeness (QED) is 0.407. The van der Waals surface area contributed by atoms with Crippen LogP contribution in [0.2, 0.25) is 25.2 Å². The van der Waals surface area contributed by atoms with E-state index >= 15 is 0 Å². The van der Waals surface area contributed by atoms with Crippen molar-refractivity contribution in [1.82, 2.24) is 13.7 Å². The van der Waals surface area contributed by atoms with E-state index in [0.717, 1.165) is 39.3 Å². The van der Waals surface area contributed by atoms with Crippen LogP contribution in [0.5, 0.6) is 0 Å². The Bertz CT molecular complexity index is 304. The van der Waals surface area contributed by atoms with Gasteiger partial charge in [-0.25, -0.2) is 0 Å². The van der Waals surface area contributed by atoms with Crippen LogP contribution in [-0.4, -0.2) is 69.6 Å². The van der Waals surface area contributed by atoms with Crippen LogP contribution in [0.1, 0.15) is 48.0 Å². The van der Waals surface area contributed by atoms with Crippen LogP contribution in [0.25, 0.3) is 0 Å². The fourth-order valence-corrected chi connectivity index (χ4v) is 11.6. The van der Waals surface area contributed by atoms with E-state index in [1.165, 1.54) is 18.5 Å². The molecule has 0 heterocycles. The molecule has 0 aliphatic carbocycles. The third kappa shape index (κ3) is 5.80. The van der Waals surface area contributed by atoms with Crippen LogP contribution in [-0.2, 0) is 0 Å². The molecule has 0 aromatic rings. The van der Waals surface area contributed by atoms with Gasteiger partial charge >= 0.3 is 0 Å². The zero-order valence-electron chi connectivity index (χ0n) is 18.0. The second kappa shape index (κ2) is 11.6. The highest BCUT2D eigenvalue weighted by atomic mass is 28.4. The summed E-state index contributed by atoms with van der Waals surface area (Å²) < 4.78 is 8.49. The predicted molar refractivity (Wildman–Crippen MR) is 116 cm³/mol. The Hall–Kier alpha value is 0.0538. The molecule has 0 fully saturated rings. The minimum absolute atomic E-state index is 1.16. The number of rotatable bonds is 14. The lowest BCUT2D eigenvalue weighted by Crippen LogP contribution is -2.75. The molecule has 0 spiro atoms. The Kier molecular flexibility index (Phi) is 11.7. The number of nitrogens with zero attached hydrogens (tertiary/aromatic N) is 3. The van der Waals surface area contributed by atoms with Crippen LogP contribution in [0.3, 0.4) is 0 Å². The molecule has 144 valence electrons. The summed E-state index contributed by atoms with van der Waals surface area (Å²) >= 11 is 0. The first-order valence-corrected chi connectivity index (χ1v) is 15.5. The lowest BCUT2D eigenvalue weighted by molar-refractivity contribution is 0.260. The van der Waals surface area contributed by atoms with E-state index in [0.29, 0.717) is 0 Å². The fraction of sp³-hybridized carbons (Fsp3) is 0.895. The van der Waals surface area contributed by atoms with Gasteiger partial charge in [-0.15, -0.1) is 12.3 Å². The summed E-state index contributed by atoms with van der Waals surface area (Å²) in [6.45, 7) is 30.1. The molecular weight excluding hydrogens is 326 g/mol. The van der Waals surface area contributed by atoms with Gasteiger partial charge in [-0.05, 0) is 45.3 Å². The monoisotopic (exact) mass is 371 g/mol. The van der Waals surface area contributed by atoms with Crippen molar-refractivity contribution in [3.05, 3.63) is 12.3 Å². The zero-order valence-corrected chi connectivity index (χ0v) is 20.0. The normalized spacial score (nSPS) is 13.3. The van der Waals surface area contributed by atoms with Gasteiger partial charge in [-0.3, -0.25) is 13.7 Å². The van der Waals surface area contributed by atoms with Crippen LogP contribution in [0.15, 0.2) is 12.3 Å². The second-order valence-corrected chi connectivity index (χ2v) is 16.2. The van der Waals surface area contributed by atoms with Crippen LogP contribution >= 0.6 is 0 Å². The van der Waals surface area contributed by atoms with Gasteiger partial charge in [0.2, 0.25) is 0 Å². The summed E-state index contributed by atoms with van der Waals surface area (Å²) in [6, 6.07) is 2.73. The van der Waals surface area contributed by atoms with Crippen LogP contribution in [0.4, 0.5) is 0 Å². The first-order chi connectivity index (χ1) is 11.3. The lowest BCUT2D eigenvalue weighted by atomic mass is 10.6. The Morgan fingerprint density at radius 1 is 0.667 bits per heavy atom. The molecule has 0 N–H and O–H groups in total. The highest BCUT2D eigenvalue weighted by molar-refractivity contribution is 6.82. The average Bonchev–Trinajstić information content (AvgIpc) is 2.57. The van der Waals surface area contributed by atoms with Crippen LogP contribution < -0.4 is 0 Å². The molecule has 0 bridgehead atoms. The minimum Gasteiger partial charge on any atom is -0.300 e. The Morgan fingerprint density at radius 2 is 1.00 bits per heavy atom. The summed E-state index contributed by atoms with van der Waals surface area (Å²) in [7, 11) is -3.02. The summed E-state index contributed by atoms with van der Waals surface area (Å²) in [6.07, 6.45) is 1.35. The smallest absolute Gasteiger partial charge is 0.289 e. The maximum atomic E-state index is 4.09. The van der Waals surface area contributed by atoms with Gasteiger partial charge in [0.15, 0.2) is 0 Å². The molecule has 0 saturated heterocycles. The van der Waals surface area contributed by atoms with Gasteiger partial charge in [-0.1, -0.05) is 67.1 Å². The van der Waals surface area contributed by atoms with Crippen molar-refractivity contribution in [2.75, 3.05) is 39.3 Å².